The summed E-state index contributed by atoms with van der Waals surface area (Å²) in [5.41, 5.74) is 0.938. The van der Waals surface area contributed by atoms with Gasteiger partial charge in [0.05, 0.1) is 12.7 Å². The molecule has 0 aromatic carbocycles. The van der Waals surface area contributed by atoms with Gasteiger partial charge in [0.2, 0.25) is 0 Å². The number of aryl methyl sites for hydroxylation is 1. The summed E-state index contributed by atoms with van der Waals surface area (Å²) in [6.07, 6.45) is 6.96. The molecule has 1 aliphatic rings. The van der Waals surface area contributed by atoms with E-state index < -0.39 is 0 Å². The summed E-state index contributed by atoms with van der Waals surface area (Å²) >= 11 is 0. The Morgan fingerprint density at radius 1 is 1.50 bits per heavy atom. The number of hydrogen-bond donors (Lipinski definition) is 1. The molecule has 1 unspecified atom stereocenters. The van der Waals surface area contributed by atoms with E-state index >= 15 is 0 Å². The smallest absolute Gasteiger partial charge is 0.267 e. The van der Waals surface area contributed by atoms with Crippen LogP contribution in [0.2, 0.25) is 0 Å². The van der Waals surface area contributed by atoms with E-state index in [2.05, 4.69) is 17.3 Å². The van der Waals surface area contributed by atoms with Crippen LogP contribution in [-0.2, 0) is 6.54 Å². The molecule has 0 spiro atoms. The molecule has 1 aliphatic carbocycles. The van der Waals surface area contributed by atoms with Crippen molar-refractivity contribution in [1.29, 1.82) is 0 Å². The molecule has 0 radical (unpaired) electrons. The summed E-state index contributed by atoms with van der Waals surface area (Å²) in [6, 6.07) is 2.04. The molecule has 1 aromatic heterocycles. The Balaban J connectivity index is 2.09. The van der Waals surface area contributed by atoms with Gasteiger partial charge in [-0.1, -0.05) is 19.8 Å². The van der Waals surface area contributed by atoms with E-state index in [0.29, 0.717) is 18.5 Å². The Hall–Kier alpha value is -1.16. The first-order valence-corrected chi connectivity index (χ1v) is 6.98. The maximum Gasteiger partial charge on any atom is 0.267 e. The van der Waals surface area contributed by atoms with E-state index in [9.17, 15) is 4.79 Å². The fourth-order valence-electron chi connectivity index (χ4n) is 2.85. The molecule has 0 bridgehead atoms. The highest BCUT2D eigenvalue weighted by Crippen LogP contribution is 2.28. The molecule has 1 aromatic rings. The van der Waals surface area contributed by atoms with Crippen molar-refractivity contribution in [3.8, 4) is 0 Å². The van der Waals surface area contributed by atoms with Crippen LogP contribution in [-0.4, -0.2) is 22.4 Å². The number of hydrogen-bond acceptors (Lipinski definition) is 3. The van der Waals surface area contributed by atoms with Crippen molar-refractivity contribution < 1.29 is 0 Å². The van der Waals surface area contributed by atoms with Gasteiger partial charge in [-0.3, -0.25) is 4.79 Å². The Morgan fingerprint density at radius 2 is 2.22 bits per heavy atom. The molecule has 0 aliphatic heterocycles. The Bertz CT molecular complexity index is 435. The number of nitrogens with one attached hydrogen (secondary N) is 1. The van der Waals surface area contributed by atoms with E-state index in [1.165, 1.54) is 25.7 Å². The van der Waals surface area contributed by atoms with Crippen LogP contribution in [0.4, 0.5) is 0 Å². The van der Waals surface area contributed by atoms with Crippen molar-refractivity contribution in [3.05, 3.63) is 28.2 Å². The molecule has 2 rings (SSSR count). The van der Waals surface area contributed by atoms with Gasteiger partial charge in [0.15, 0.2) is 0 Å². The van der Waals surface area contributed by atoms with Gasteiger partial charge in [-0.2, -0.15) is 5.10 Å². The zero-order chi connectivity index (χ0) is 13.0. The summed E-state index contributed by atoms with van der Waals surface area (Å²) in [7, 11) is 0. The van der Waals surface area contributed by atoms with Crippen molar-refractivity contribution >= 4 is 0 Å². The summed E-state index contributed by atoms with van der Waals surface area (Å²) in [6.45, 7) is 5.66. The first-order chi connectivity index (χ1) is 8.70. The van der Waals surface area contributed by atoms with Crippen LogP contribution in [0.25, 0.3) is 0 Å². The molecular weight excluding hydrogens is 226 g/mol. The van der Waals surface area contributed by atoms with Crippen LogP contribution < -0.4 is 10.9 Å². The minimum atomic E-state index is 0.0101. The Kier molecular flexibility index (Phi) is 4.53. The largest absolute Gasteiger partial charge is 0.312 e. The lowest BCUT2D eigenvalue weighted by Crippen LogP contribution is -2.41. The molecule has 1 atom stereocenters. The summed E-state index contributed by atoms with van der Waals surface area (Å²) < 4.78 is 1.60. The normalized spacial score (nSPS) is 18.1. The zero-order valence-electron chi connectivity index (χ0n) is 11.4. The lowest BCUT2D eigenvalue weighted by Gasteiger charge is -2.24. The average Bonchev–Trinajstić information content (AvgIpc) is 2.85. The molecule has 0 saturated heterocycles. The van der Waals surface area contributed by atoms with Gasteiger partial charge in [0.1, 0.15) is 0 Å². The van der Waals surface area contributed by atoms with Gasteiger partial charge in [0, 0.05) is 12.1 Å². The summed E-state index contributed by atoms with van der Waals surface area (Å²) in [5, 5.41) is 7.75. The highest BCUT2D eigenvalue weighted by molar-refractivity contribution is 5.02. The maximum absolute atomic E-state index is 11.9. The number of likely N-dealkylation sites (N-methyl/N-ethyl adjacent to an activating group) is 1. The van der Waals surface area contributed by atoms with E-state index in [1.54, 1.807) is 16.9 Å². The van der Waals surface area contributed by atoms with Crippen LogP contribution >= 0.6 is 0 Å². The maximum atomic E-state index is 11.9. The van der Waals surface area contributed by atoms with Crippen molar-refractivity contribution in [2.75, 3.05) is 6.54 Å². The topological polar surface area (TPSA) is 46.9 Å². The standard InChI is InChI=1S/C14H23N3O/c1-3-15-13(12-6-4-5-7-12)10-17-14(18)8-11(2)9-16-17/h8-9,12-13,15H,3-7,10H2,1-2H3. The van der Waals surface area contributed by atoms with Crippen LogP contribution in [0.3, 0.4) is 0 Å². The number of aromatic nitrogens is 2. The second-order valence-corrected chi connectivity index (χ2v) is 5.26. The second-order valence-electron chi connectivity index (χ2n) is 5.26. The molecule has 1 fully saturated rings. The van der Waals surface area contributed by atoms with E-state index in [0.717, 1.165) is 12.1 Å². The van der Waals surface area contributed by atoms with E-state index in [-0.39, 0.29) is 5.56 Å². The Labute approximate surface area is 108 Å². The molecule has 1 saturated carbocycles. The van der Waals surface area contributed by atoms with E-state index in [4.69, 9.17) is 0 Å². The average molecular weight is 249 g/mol. The van der Waals surface area contributed by atoms with Gasteiger partial charge >= 0.3 is 0 Å². The lowest BCUT2D eigenvalue weighted by molar-refractivity contribution is 0.311. The number of nitrogens with zero attached hydrogens (tertiary/aromatic N) is 2. The zero-order valence-corrected chi connectivity index (χ0v) is 11.4. The third-order valence-corrected chi connectivity index (χ3v) is 3.81. The lowest BCUT2D eigenvalue weighted by atomic mass is 9.98. The summed E-state index contributed by atoms with van der Waals surface area (Å²) in [4.78, 5) is 11.9. The SMILES string of the molecule is CCNC(Cn1ncc(C)cc1=O)C1CCCC1. The highest BCUT2D eigenvalue weighted by Gasteiger charge is 2.25. The van der Waals surface area contributed by atoms with Crippen LogP contribution in [0, 0.1) is 12.8 Å². The molecule has 4 nitrogen and oxygen atoms in total. The predicted molar refractivity (Wildman–Crippen MR) is 72.7 cm³/mol. The van der Waals surface area contributed by atoms with Gasteiger partial charge in [-0.15, -0.1) is 0 Å². The van der Waals surface area contributed by atoms with Crippen LogP contribution in [0.1, 0.15) is 38.2 Å². The first kappa shape index (κ1) is 13.3. The highest BCUT2D eigenvalue weighted by atomic mass is 16.1. The van der Waals surface area contributed by atoms with E-state index in [1.807, 2.05) is 6.92 Å². The Morgan fingerprint density at radius 3 is 2.83 bits per heavy atom. The third-order valence-electron chi connectivity index (χ3n) is 3.81. The molecule has 100 valence electrons. The predicted octanol–water partition coefficient (Wildman–Crippen LogP) is 1.72. The number of rotatable bonds is 5. The van der Waals surface area contributed by atoms with Gasteiger partial charge in [0.25, 0.3) is 5.56 Å². The molecule has 4 heteroatoms. The van der Waals surface area contributed by atoms with Crippen molar-refractivity contribution in [3.63, 3.8) is 0 Å². The molecule has 0 amide bonds. The molecule has 1 N–H and O–H groups in total. The first-order valence-electron chi connectivity index (χ1n) is 6.98. The van der Waals surface area contributed by atoms with Crippen molar-refractivity contribution in [2.45, 2.75) is 52.1 Å². The van der Waals surface area contributed by atoms with Crippen molar-refractivity contribution in [2.24, 2.45) is 5.92 Å². The van der Waals surface area contributed by atoms with Gasteiger partial charge in [-0.05, 0) is 37.8 Å². The minimum Gasteiger partial charge on any atom is -0.312 e. The fourth-order valence-corrected chi connectivity index (χ4v) is 2.85. The molecule has 18 heavy (non-hydrogen) atoms. The second kappa shape index (κ2) is 6.14. The quantitative estimate of drug-likeness (QED) is 0.864. The third kappa shape index (κ3) is 3.19. The van der Waals surface area contributed by atoms with Crippen LogP contribution in [0.5, 0.6) is 0 Å². The van der Waals surface area contributed by atoms with Crippen LogP contribution in [0.15, 0.2) is 17.1 Å². The monoisotopic (exact) mass is 249 g/mol. The summed E-state index contributed by atoms with van der Waals surface area (Å²) in [5.74, 6) is 0.694. The van der Waals surface area contributed by atoms with Gasteiger partial charge in [-0.25, -0.2) is 4.68 Å². The molecular formula is C14H23N3O. The minimum absolute atomic E-state index is 0.0101. The molecule has 1 heterocycles. The fraction of sp³-hybridized carbons (Fsp3) is 0.714. The van der Waals surface area contributed by atoms with Crippen molar-refractivity contribution in [1.82, 2.24) is 15.1 Å². The van der Waals surface area contributed by atoms with Gasteiger partial charge < -0.3 is 5.32 Å².